The predicted molar refractivity (Wildman–Crippen MR) is 120 cm³/mol. The van der Waals surface area contributed by atoms with E-state index in [9.17, 15) is 14.7 Å². The highest BCUT2D eigenvalue weighted by Gasteiger charge is 2.30. The standard InChI is InChI=1S/C21H17BrClN5O3/c1-10(11-4-5-11)25-20(30)13-7-12(23)8-16(29)18(13)27-14-3-2-6-24-19(14)28-15(21(27)31)9-17(22)26-28/h2-3,6-11,29H,4-5H2,1H3,(H,25,30). The average Bonchev–Trinajstić information content (AvgIpc) is 3.50. The molecule has 0 saturated heterocycles. The number of phenolic OH excluding ortho intramolecular Hbond substituents is 1. The summed E-state index contributed by atoms with van der Waals surface area (Å²) in [5.41, 5.74) is 0.721. The molecule has 158 valence electrons. The first-order chi connectivity index (χ1) is 14.8. The molecule has 2 N–H and O–H groups in total. The molecule has 3 aromatic heterocycles. The molecule has 31 heavy (non-hydrogen) atoms. The monoisotopic (exact) mass is 501 g/mol. The van der Waals surface area contributed by atoms with E-state index in [2.05, 4.69) is 31.3 Å². The van der Waals surface area contributed by atoms with Gasteiger partial charge in [0.05, 0.1) is 11.1 Å². The Morgan fingerprint density at radius 2 is 2.10 bits per heavy atom. The number of nitrogens with one attached hydrogen (secondary N) is 1. The van der Waals surface area contributed by atoms with Gasteiger partial charge < -0.3 is 10.4 Å². The summed E-state index contributed by atoms with van der Waals surface area (Å²) in [5.74, 6) is -0.258. The number of aromatic hydroxyl groups is 1. The molecule has 10 heteroatoms. The van der Waals surface area contributed by atoms with E-state index in [0.717, 1.165) is 12.8 Å². The van der Waals surface area contributed by atoms with Crippen LogP contribution in [0.2, 0.25) is 5.02 Å². The summed E-state index contributed by atoms with van der Waals surface area (Å²) in [7, 11) is 0. The van der Waals surface area contributed by atoms with Gasteiger partial charge in [-0.3, -0.25) is 14.2 Å². The normalized spacial score (nSPS) is 14.8. The molecular weight excluding hydrogens is 486 g/mol. The highest BCUT2D eigenvalue weighted by atomic mass is 79.9. The quantitative estimate of drug-likeness (QED) is 0.443. The minimum Gasteiger partial charge on any atom is -0.506 e. The van der Waals surface area contributed by atoms with Gasteiger partial charge >= 0.3 is 0 Å². The molecule has 0 aliphatic heterocycles. The zero-order chi connectivity index (χ0) is 21.9. The summed E-state index contributed by atoms with van der Waals surface area (Å²) < 4.78 is 3.18. The second-order valence-corrected chi connectivity index (χ2v) is 8.92. The fourth-order valence-electron chi connectivity index (χ4n) is 3.83. The molecule has 4 aromatic rings. The maximum Gasteiger partial charge on any atom is 0.281 e. The van der Waals surface area contributed by atoms with E-state index >= 15 is 0 Å². The van der Waals surface area contributed by atoms with Crippen molar-refractivity contribution in [2.24, 2.45) is 5.92 Å². The summed E-state index contributed by atoms with van der Waals surface area (Å²) in [6.45, 7) is 1.95. The van der Waals surface area contributed by atoms with Gasteiger partial charge in [0, 0.05) is 29.4 Å². The van der Waals surface area contributed by atoms with Crippen LogP contribution in [0.4, 0.5) is 0 Å². The number of carbonyl (C=O) groups excluding carboxylic acids is 1. The molecule has 1 aliphatic rings. The minimum atomic E-state index is -0.458. The molecule has 1 aromatic carbocycles. The number of aromatic nitrogens is 4. The molecule has 1 amide bonds. The Morgan fingerprint density at radius 3 is 2.84 bits per heavy atom. The molecule has 1 atom stereocenters. The molecule has 1 unspecified atom stereocenters. The van der Waals surface area contributed by atoms with Crippen molar-refractivity contribution in [1.82, 2.24) is 24.5 Å². The average molecular weight is 503 g/mol. The van der Waals surface area contributed by atoms with Gasteiger partial charge in [-0.2, -0.15) is 5.10 Å². The summed E-state index contributed by atoms with van der Waals surface area (Å²) in [5, 5.41) is 18.3. The first-order valence-corrected chi connectivity index (χ1v) is 10.9. The van der Waals surface area contributed by atoms with Gasteiger partial charge in [0.1, 0.15) is 21.6 Å². The molecule has 8 nitrogen and oxygen atoms in total. The van der Waals surface area contributed by atoms with E-state index in [-0.39, 0.29) is 33.6 Å². The van der Waals surface area contributed by atoms with Gasteiger partial charge in [0.15, 0.2) is 5.65 Å². The highest BCUT2D eigenvalue weighted by Crippen LogP contribution is 2.34. The highest BCUT2D eigenvalue weighted by molar-refractivity contribution is 9.10. The molecule has 0 spiro atoms. The van der Waals surface area contributed by atoms with Crippen LogP contribution in [0.5, 0.6) is 5.75 Å². The molecule has 1 fully saturated rings. The molecular formula is C21H17BrClN5O3. The lowest BCUT2D eigenvalue weighted by Gasteiger charge is -2.19. The van der Waals surface area contributed by atoms with Crippen molar-refractivity contribution >= 4 is 50.1 Å². The van der Waals surface area contributed by atoms with Crippen LogP contribution in [0.1, 0.15) is 30.1 Å². The Morgan fingerprint density at radius 1 is 1.32 bits per heavy atom. The van der Waals surface area contributed by atoms with Gasteiger partial charge in [0.2, 0.25) is 0 Å². The number of phenols is 1. The largest absolute Gasteiger partial charge is 0.506 e. The number of amides is 1. The zero-order valence-corrected chi connectivity index (χ0v) is 18.7. The summed E-state index contributed by atoms with van der Waals surface area (Å²) in [6.07, 6.45) is 3.72. The predicted octanol–water partition coefficient (Wildman–Crippen LogP) is 3.68. The maximum absolute atomic E-state index is 13.5. The van der Waals surface area contributed by atoms with Crippen molar-refractivity contribution in [1.29, 1.82) is 0 Å². The van der Waals surface area contributed by atoms with E-state index < -0.39 is 11.5 Å². The van der Waals surface area contributed by atoms with Crippen molar-refractivity contribution in [3.8, 4) is 11.4 Å². The number of hydrogen-bond acceptors (Lipinski definition) is 5. The van der Waals surface area contributed by atoms with Gasteiger partial charge in [-0.05, 0) is 59.8 Å². The van der Waals surface area contributed by atoms with E-state index in [0.29, 0.717) is 21.7 Å². The van der Waals surface area contributed by atoms with Crippen LogP contribution in [-0.2, 0) is 0 Å². The number of benzene rings is 1. The van der Waals surface area contributed by atoms with Crippen LogP contribution in [0.25, 0.3) is 22.4 Å². The lowest BCUT2D eigenvalue weighted by atomic mass is 10.1. The lowest BCUT2D eigenvalue weighted by Crippen LogP contribution is -2.35. The number of halogens is 2. The van der Waals surface area contributed by atoms with Crippen LogP contribution in [-0.4, -0.2) is 36.2 Å². The van der Waals surface area contributed by atoms with Crippen LogP contribution < -0.4 is 10.9 Å². The third kappa shape index (κ3) is 3.37. The van der Waals surface area contributed by atoms with Crippen molar-refractivity contribution in [2.45, 2.75) is 25.8 Å². The zero-order valence-electron chi connectivity index (χ0n) is 16.3. The number of fused-ring (bicyclic) bond motifs is 3. The van der Waals surface area contributed by atoms with Gasteiger partial charge in [0.25, 0.3) is 11.5 Å². The number of pyridine rings is 1. The third-order valence-corrected chi connectivity index (χ3v) is 6.13. The van der Waals surface area contributed by atoms with Crippen LogP contribution in [0.15, 0.2) is 45.9 Å². The SMILES string of the molecule is CC(NC(=O)c1cc(Cl)cc(O)c1-n1c(=O)c2cc(Br)nn2c2ncccc21)C1CC1. The molecule has 5 rings (SSSR count). The van der Waals surface area contributed by atoms with Crippen LogP contribution in [0.3, 0.4) is 0 Å². The third-order valence-electron chi connectivity index (χ3n) is 5.52. The number of hydrogen-bond donors (Lipinski definition) is 2. The second-order valence-electron chi connectivity index (χ2n) is 7.67. The van der Waals surface area contributed by atoms with E-state index in [4.69, 9.17) is 11.6 Å². The molecule has 3 heterocycles. The van der Waals surface area contributed by atoms with Gasteiger partial charge in [-0.25, -0.2) is 9.50 Å². The van der Waals surface area contributed by atoms with Crippen LogP contribution >= 0.6 is 27.5 Å². The number of carbonyl (C=O) groups is 1. The van der Waals surface area contributed by atoms with Gasteiger partial charge in [-0.15, -0.1) is 0 Å². The Hall–Kier alpha value is -2.91. The smallest absolute Gasteiger partial charge is 0.281 e. The number of rotatable bonds is 4. The first kappa shape index (κ1) is 20.0. The Bertz CT molecular complexity index is 1430. The fourth-order valence-corrected chi connectivity index (χ4v) is 4.42. The van der Waals surface area contributed by atoms with Crippen LogP contribution in [0, 0.1) is 5.92 Å². The maximum atomic E-state index is 13.5. The van der Waals surface area contributed by atoms with Crippen molar-refractivity contribution in [2.75, 3.05) is 0 Å². The fraction of sp³-hybridized carbons (Fsp3) is 0.238. The second kappa shape index (κ2) is 7.35. The number of nitrogens with zero attached hydrogens (tertiary/aromatic N) is 4. The summed E-state index contributed by atoms with van der Waals surface area (Å²) >= 11 is 9.46. The Labute approximate surface area is 189 Å². The summed E-state index contributed by atoms with van der Waals surface area (Å²) in [6, 6.07) is 7.66. The first-order valence-electron chi connectivity index (χ1n) is 9.74. The van der Waals surface area contributed by atoms with Crippen molar-refractivity contribution < 1.29 is 9.90 Å². The minimum absolute atomic E-state index is 0.0233. The molecule has 0 bridgehead atoms. The molecule has 0 radical (unpaired) electrons. The molecule has 1 aliphatic carbocycles. The Kier molecular flexibility index (Phi) is 4.75. The van der Waals surface area contributed by atoms with E-state index in [1.807, 2.05) is 6.92 Å². The van der Waals surface area contributed by atoms with E-state index in [1.165, 1.54) is 21.2 Å². The van der Waals surface area contributed by atoms with Crippen molar-refractivity contribution in [3.05, 3.63) is 62.1 Å². The summed E-state index contributed by atoms with van der Waals surface area (Å²) in [4.78, 5) is 31.0. The molecule has 1 saturated carbocycles. The topological polar surface area (TPSA) is 102 Å². The Balaban J connectivity index is 1.81. The lowest BCUT2D eigenvalue weighted by molar-refractivity contribution is 0.0935. The van der Waals surface area contributed by atoms with Crippen molar-refractivity contribution in [3.63, 3.8) is 0 Å². The van der Waals surface area contributed by atoms with Gasteiger partial charge in [-0.1, -0.05) is 11.6 Å². The van der Waals surface area contributed by atoms with E-state index in [1.54, 1.807) is 24.4 Å².